The Kier molecular flexibility index (Phi) is 5.54. The largest absolute Gasteiger partial charge is 0.497 e. The van der Waals surface area contributed by atoms with Crippen LogP contribution in [0.1, 0.15) is 46.7 Å². The molecule has 1 aromatic heterocycles. The van der Waals surface area contributed by atoms with Gasteiger partial charge in [0.05, 0.1) is 24.5 Å². The van der Waals surface area contributed by atoms with Crippen LogP contribution < -0.4 is 10.1 Å². The minimum atomic E-state index is -0.228. The summed E-state index contributed by atoms with van der Waals surface area (Å²) in [6.45, 7) is 5.90. The zero-order valence-electron chi connectivity index (χ0n) is 16.1. The summed E-state index contributed by atoms with van der Waals surface area (Å²) in [4.78, 5) is 12.8. The van der Waals surface area contributed by atoms with Crippen LogP contribution in [0.15, 0.2) is 48.5 Å². The molecular weight excluding hydrogens is 340 g/mol. The maximum atomic E-state index is 12.8. The first-order valence-corrected chi connectivity index (χ1v) is 8.97. The predicted molar refractivity (Wildman–Crippen MR) is 104 cm³/mol. The number of benzene rings is 2. The van der Waals surface area contributed by atoms with Gasteiger partial charge in [-0.15, -0.1) is 5.10 Å². The Labute approximate surface area is 159 Å². The van der Waals surface area contributed by atoms with Crippen molar-refractivity contribution < 1.29 is 9.53 Å². The maximum Gasteiger partial charge on any atom is 0.274 e. The number of rotatable bonds is 6. The van der Waals surface area contributed by atoms with Crippen molar-refractivity contribution in [3.63, 3.8) is 0 Å². The fourth-order valence-corrected chi connectivity index (χ4v) is 3.03. The molecule has 27 heavy (non-hydrogen) atoms. The van der Waals surface area contributed by atoms with Crippen LogP contribution in [0.25, 0.3) is 5.69 Å². The summed E-state index contributed by atoms with van der Waals surface area (Å²) < 4.78 is 6.88. The van der Waals surface area contributed by atoms with E-state index in [1.807, 2.05) is 69.3 Å². The van der Waals surface area contributed by atoms with Gasteiger partial charge in [0.2, 0.25) is 0 Å². The van der Waals surface area contributed by atoms with Crippen molar-refractivity contribution in [2.24, 2.45) is 0 Å². The Bertz CT molecular complexity index is 932. The van der Waals surface area contributed by atoms with Crippen LogP contribution in [0.4, 0.5) is 0 Å². The molecule has 140 valence electrons. The third-order valence-corrected chi connectivity index (χ3v) is 4.59. The second-order valence-corrected chi connectivity index (χ2v) is 6.48. The number of hydrogen-bond acceptors (Lipinski definition) is 4. The SMILES string of the molecule is CCC(NC(=O)c1nnn(-c2cccc(C)c2)c1C)c1ccc(OC)cc1. The molecule has 2 aromatic carbocycles. The summed E-state index contributed by atoms with van der Waals surface area (Å²) in [6, 6.07) is 15.5. The molecule has 3 aromatic rings. The number of aromatic nitrogens is 3. The van der Waals surface area contributed by atoms with Crippen molar-refractivity contribution in [2.45, 2.75) is 33.2 Å². The third kappa shape index (κ3) is 4.00. The topological polar surface area (TPSA) is 69.0 Å². The molecule has 0 aliphatic heterocycles. The van der Waals surface area contributed by atoms with E-state index in [2.05, 4.69) is 15.6 Å². The zero-order valence-corrected chi connectivity index (χ0v) is 16.1. The molecular formula is C21H24N4O2. The average molecular weight is 364 g/mol. The van der Waals surface area contributed by atoms with Crippen LogP contribution >= 0.6 is 0 Å². The first-order chi connectivity index (χ1) is 13.0. The minimum Gasteiger partial charge on any atom is -0.497 e. The second-order valence-electron chi connectivity index (χ2n) is 6.48. The molecule has 1 atom stereocenters. The smallest absolute Gasteiger partial charge is 0.274 e. The highest BCUT2D eigenvalue weighted by atomic mass is 16.5. The molecule has 1 unspecified atom stereocenters. The quantitative estimate of drug-likeness (QED) is 0.723. The lowest BCUT2D eigenvalue weighted by atomic mass is 10.0. The van der Waals surface area contributed by atoms with Crippen LogP contribution in [-0.4, -0.2) is 28.0 Å². The van der Waals surface area contributed by atoms with Gasteiger partial charge in [0.25, 0.3) is 5.91 Å². The van der Waals surface area contributed by atoms with Crippen LogP contribution in [0.3, 0.4) is 0 Å². The number of nitrogens with one attached hydrogen (secondary N) is 1. The zero-order chi connectivity index (χ0) is 19.4. The molecule has 0 saturated heterocycles. The van der Waals surface area contributed by atoms with Crippen LogP contribution in [0.2, 0.25) is 0 Å². The van der Waals surface area contributed by atoms with Gasteiger partial charge in [0.1, 0.15) is 5.75 Å². The molecule has 0 bridgehead atoms. The van der Waals surface area contributed by atoms with Crippen LogP contribution in [-0.2, 0) is 0 Å². The van der Waals surface area contributed by atoms with Gasteiger partial charge in [-0.2, -0.15) is 0 Å². The highest BCUT2D eigenvalue weighted by Crippen LogP contribution is 2.21. The molecule has 1 heterocycles. The summed E-state index contributed by atoms with van der Waals surface area (Å²) in [5.74, 6) is 0.561. The lowest BCUT2D eigenvalue weighted by Gasteiger charge is -2.17. The van der Waals surface area contributed by atoms with E-state index in [1.165, 1.54) is 0 Å². The molecule has 0 spiro atoms. The first-order valence-electron chi connectivity index (χ1n) is 8.97. The number of carbonyl (C=O) groups is 1. The molecule has 1 N–H and O–H groups in total. The second kappa shape index (κ2) is 8.03. The third-order valence-electron chi connectivity index (χ3n) is 4.59. The summed E-state index contributed by atoms with van der Waals surface area (Å²) in [5, 5.41) is 11.3. The van der Waals surface area contributed by atoms with Gasteiger partial charge in [0, 0.05) is 0 Å². The fraction of sp³-hybridized carbons (Fsp3) is 0.286. The predicted octanol–water partition coefficient (Wildman–Crippen LogP) is 3.77. The van der Waals surface area contributed by atoms with E-state index in [4.69, 9.17) is 4.74 Å². The van der Waals surface area contributed by atoms with Crippen molar-refractivity contribution in [3.05, 3.63) is 71.0 Å². The summed E-state index contributed by atoms with van der Waals surface area (Å²) in [7, 11) is 1.63. The Balaban J connectivity index is 1.81. The van der Waals surface area contributed by atoms with Crippen LogP contribution in [0.5, 0.6) is 5.75 Å². The maximum absolute atomic E-state index is 12.8. The molecule has 0 saturated carbocycles. The van der Waals surface area contributed by atoms with Gasteiger partial charge in [-0.3, -0.25) is 4.79 Å². The molecule has 0 fully saturated rings. The van der Waals surface area contributed by atoms with Gasteiger partial charge >= 0.3 is 0 Å². The van der Waals surface area contributed by atoms with E-state index >= 15 is 0 Å². The van der Waals surface area contributed by atoms with Gasteiger partial charge in [-0.25, -0.2) is 4.68 Å². The van der Waals surface area contributed by atoms with E-state index in [1.54, 1.807) is 11.8 Å². The summed E-state index contributed by atoms with van der Waals surface area (Å²) in [6.07, 6.45) is 0.767. The molecule has 6 nitrogen and oxygen atoms in total. The van der Waals surface area contributed by atoms with Gasteiger partial charge in [-0.05, 0) is 55.7 Å². The first kappa shape index (κ1) is 18.6. The lowest BCUT2D eigenvalue weighted by molar-refractivity contribution is 0.0930. The molecule has 0 aliphatic rings. The van der Waals surface area contributed by atoms with E-state index in [-0.39, 0.29) is 11.9 Å². The van der Waals surface area contributed by atoms with Gasteiger partial charge in [-0.1, -0.05) is 36.4 Å². The van der Waals surface area contributed by atoms with E-state index < -0.39 is 0 Å². The normalized spacial score (nSPS) is 11.9. The summed E-state index contributed by atoms with van der Waals surface area (Å²) in [5.41, 5.74) is 4.08. The van der Waals surface area contributed by atoms with Crippen molar-refractivity contribution in [1.82, 2.24) is 20.3 Å². The number of carbonyl (C=O) groups excluding carboxylic acids is 1. The molecule has 0 radical (unpaired) electrons. The highest BCUT2D eigenvalue weighted by Gasteiger charge is 2.20. The number of methoxy groups -OCH3 is 1. The number of ether oxygens (including phenoxy) is 1. The van der Waals surface area contributed by atoms with Crippen LogP contribution in [0, 0.1) is 13.8 Å². The molecule has 1 amide bonds. The Morgan fingerprint density at radius 2 is 1.93 bits per heavy atom. The van der Waals surface area contributed by atoms with Gasteiger partial charge in [0.15, 0.2) is 5.69 Å². The monoisotopic (exact) mass is 364 g/mol. The van der Waals surface area contributed by atoms with Crippen molar-refractivity contribution >= 4 is 5.91 Å². The molecule has 6 heteroatoms. The standard InChI is InChI=1S/C21H24N4O2/c1-5-19(16-9-11-18(27-4)12-10-16)22-21(26)20-15(3)25(24-23-20)17-8-6-7-14(2)13-17/h6-13,19H,5H2,1-4H3,(H,22,26). The number of amides is 1. The average Bonchev–Trinajstić information content (AvgIpc) is 3.07. The van der Waals surface area contributed by atoms with Crippen molar-refractivity contribution in [2.75, 3.05) is 7.11 Å². The lowest BCUT2D eigenvalue weighted by Crippen LogP contribution is -2.29. The molecule has 3 rings (SSSR count). The summed E-state index contributed by atoms with van der Waals surface area (Å²) >= 11 is 0. The van der Waals surface area contributed by atoms with E-state index in [9.17, 15) is 4.79 Å². The van der Waals surface area contributed by atoms with E-state index in [0.717, 1.165) is 29.0 Å². The Morgan fingerprint density at radius 3 is 2.56 bits per heavy atom. The number of hydrogen-bond donors (Lipinski definition) is 1. The van der Waals surface area contributed by atoms with Crippen molar-refractivity contribution in [3.8, 4) is 11.4 Å². The van der Waals surface area contributed by atoms with Gasteiger partial charge < -0.3 is 10.1 Å². The highest BCUT2D eigenvalue weighted by molar-refractivity contribution is 5.93. The number of aryl methyl sites for hydroxylation is 1. The molecule has 0 aliphatic carbocycles. The van der Waals surface area contributed by atoms with Crippen molar-refractivity contribution in [1.29, 1.82) is 0 Å². The Morgan fingerprint density at radius 1 is 1.19 bits per heavy atom. The van der Waals surface area contributed by atoms with E-state index in [0.29, 0.717) is 11.4 Å². The minimum absolute atomic E-state index is 0.105. The number of nitrogens with zero attached hydrogens (tertiary/aromatic N) is 3. The fourth-order valence-electron chi connectivity index (χ4n) is 3.03. The Hall–Kier alpha value is -3.15.